The minimum Gasteiger partial charge on any atom is -0.481 e. The molecule has 0 saturated carbocycles. The first-order chi connectivity index (χ1) is 18.5. The number of carbonyl (C=O) groups is 5. The van der Waals surface area contributed by atoms with Gasteiger partial charge < -0.3 is 44.5 Å². The molecule has 14 heteroatoms. The van der Waals surface area contributed by atoms with Crippen LogP contribution in [0.1, 0.15) is 24.8 Å². The predicted octanol–water partition coefficient (Wildman–Crippen LogP) is 1.02. The van der Waals surface area contributed by atoms with E-state index in [0.717, 1.165) is 7.11 Å². The SMILES string of the molecule is CNCCN(C)C(=O)OCc1ccc(O[C@@H]2O[C@H](C(=O)OC)[C@@H](CC(=O)O)[C@H](CC(=O)O)[C@H]2CC(=O)O)cc1. The summed E-state index contributed by atoms with van der Waals surface area (Å²) < 4.78 is 21.6. The molecule has 1 aliphatic heterocycles. The lowest BCUT2D eigenvalue weighted by Crippen LogP contribution is -2.54. The molecule has 39 heavy (non-hydrogen) atoms. The van der Waals surface area contributed by atoms with Crippen LogP contribution in [0.2, 0.25) is 0 Å². The first-order valence-corrected chi connectivity index (χ1v) is 12.1. The maximum atomic E-state index is 12.5. The van der Waals surface area contributed by atoms with Crippen molar-refractivity contribution in [3.63, 3.8) is 0 Å². The molecule has 0 unspecified atom stereocenters. The fourth-order valence-electron chi connectivity index (χ4n) is 4.39. The van der Waals surface area contributed by atoms with Crippen LogP contribution >= 0.6 is 0 Å². The van der Waals surface area contributed by atoms with Crippen molar-refractivity contribution in [3.8, 4) is 5.75 Å². The Morgan fingerprint density at radius 1 is 0.923 bits per heavy atom. The van der Waals surface area contributed by atoms with Gasteiger partial charge >= 0.3 is 30.0 Å². The van der Waals surface area contributed by atoms with E-state index in [9.17, 15) is 39.3 Å². The Balaban J connectivity index is 2.25. The van der Waals surface area contributed by atoms with Gasteiger partial charge in [0, 0.05) is 38.4 Å². The number of carboxylic acid groups (broad SMARTS) is 3. The number of carboxylic acids is 3. The highest BCUT2D eigenvalue weighted by Crippen LogP contribution is 2.42. The molecule has 14 nitrogen and oxygen atoms in total. The number of esters is 1. The van der Waals surface area contributed by atoms with E-state index in [-0.39, 0.29) is 12.4 Å². The number of hydrogen-bond donors (Lipinski definition) is 4. The number of amides is 1. The van der Waals surface area contributed by atoms with Gasteiger partial charge in [0.05, 0.1) is 20.0 Å². The molecular weight excluding hydrogens is 520 g/mol. The molecule has 1 saturated heterocycles. The second-order valence-corrected chi connectivity index (χ2v) is 9.07. The minimum absolute atomic E-state index is 0.0213. The first kappa shape index (κ1) is 31.3. The summed E-state index contributed by atoms with van der Waals surface area (Å²) in [7, 11) is 4.44. The van der Waals surface area contributed by atoms with E-state index in [1.54, 1.807) is 26.2 Å². The summed E-state index contributed by atoms with van der Waals surface area (Å²) in [5.41, 5.74) is 0.627. The summed E-state index contributed by atoms with van der Waals surface area (Å²) in [5.74, 6) is -7.99. The van der Waals surface area contributed by atoms with E-state index in [1.807, 2.05) is 0 Å². The summed E-state index contributed by atoms with van der Waals surface area (Å²) in [6, 6.07) is 6.23. The summed E-state index contributed by atoms with van der Waals surface area (Å²) in [6.45, 7) is 1.04. The predicted molar refractivity (Wildman–Crippen MR) is 132 cm³/mol. The average Bonchev–Trinajstić information content (AvgIpc) is 2.88. The Hall–Kier alpha value is -3.91. The molecule has 2 rings (SSSR count). The number of aliphatic carboxylic acids is 3. The number of likely N-dealkylation sites (N-methyl/N-ethyl adjacent to an activating group) is 2. The molecule has 1 amide bonds. The van der Waals surface area contributed by atoms with Crippen molar-refractivity contribution >= 4 is 30.0 Å². The van der Waals surface area contributed by atoms with Gasteiger partial charge in [0.25, 0.3) is 0 Å². The summed E-state index contributed by atoms with van der Waals surface area (Å²) in [5, 5.41) is 31.3. The molecule has 216 valence electrons. The molecule has 0 bridgehead atoms. The van der Waals surface area contributed by atoms with Crippen molar-refractivity contribution in [2.45, 2.75) is 38.3 Å². The van der Waals surface area contributed by atoms with Gasteiger partial charge in [-0.25, -0.2) is 9.59 Å². The van der Waals surface area contributed by atoms with E-state index in [2.05, 4.69) is 5.32 Å². The Kier molecular flexibility index (Phi) is 11.9. The highest BCUT2D eigenvalue weighted by molar-refractivity contribution is 5.77. The molecule has 1 aliphatic rings. The van der Waals surface area contributed by atoms with E-state index >= 15 is 0 Å². The first-order valence-electron chi connectivity index (χ1n) is 12.1. The van der Waals surface area contributed by atoms with Gasteiger partial charge in [-0.05, 0) is 30.7 Å². The largest absolute Gasteiger partial charge is 0.481 e. The van der Waals surface area contributed by atoms with Gasteiger partial charge in [-0.2, -0.15) is 0 Å². The lowest BCUT2D eigenvalue weighted by molar-refractivity contribution is -0.233. The lowest BCUT2D eigenvalue weighted by Gasteiger charge is -2.44. The summed E-state index contributed by atoms with van der Waals surface area (Å²) in [6.07, 6.45) is -5.25. The molecule has 0 aromatic heterocycles. The maximum Gasteiger partial charge on any atom is 0.409 e. The molecular formula is C25H34N2O12. The van der Waals surface area contributed by atoms with Crippen molar-refractivity contribution in [2.24, 2.45) is 17.8 Å². The fraction of sp³-hybridized carbons (Fsp3) is 0.560. The van der Waals surface area contributed by atoms with Crippen molar-refractivity contribution < 1.29 is 58.2 Å². The molecule has 1 heterocycles. The number of carbonyl (C=O) groups excluding carboxylic acids is 2. The number of hydrogen-bond acceptors (Lipinski definition) is 10. The van der Waals surface area contributed by atoms with Gasteiger partial charge in [-0.1, -0.05) is 12.1 Å². The normalized spacial score (nSPS) is 22.4. The Morgan fingerprint density at radius 2 is 1.49 bits per heavy atom. The molecule has 1 aromatic rings. The molecule has 0 spiro atoms. The van der Waals surface area contributed by atoms with E-state index in [1.165, 1.54) is 17.0 Å². The second-order valence-electron chi connectivity index (χ2n) is 9.07. The van der Waals surface area contributed by atoms with Crippen LogP contribution in [-0.4, -0.2) is 96.9 Å². The van der Waals surface area contributed by atoms with Gasteiger partial charge in [0.1, 0.15) is 12.4 Å². The van der Waals surface area contributed by atoms with Gasteiger partial charge in [0.15, 0.2) is 6.10 Å². The van der Waals surface area contributed by atoms with Crippen LogP contribution in [0.4, 0.5) is 4.79 Å². The summed E-state index contributed by atoms with van der Waals surface area (Å²) >= 11 is 0. The highest BCUT2D eigenvalue weighted by atomic mass is 16.7. The maximum absolute atomic E-state index is 12.5. The number of nitrogens with zero attached hydrogens (tertiary/aromatic N) is 1. The monoisotopic (exact) mass is 554 g/mol. The van der Waals surface area contributed by atoms with Crippen LogP contribution in [0.3, 0.4) is 0 Å². The van der Waals surface area contributed by atoms with Crippen LogP contribution in [0, 0.1) is 17.8 Å². The van der Waals surface area contributed by atoms with Crippen LogP contribution in [0.5, 0.6) is 5.75 Å². The van der Waals surface area contributed by atoms with Crippen molar-refractivity contribution in [1.29, 1.82) is 0 Å². The highest BCUT2D eigenvalue weighted by Gasteiger charge is 2.51. The molecule has 0 aliphatic carbocycles. The third-order valence-electron chi connectivity index (χ3n) is 6.33. The number of benzene rings is 1. The number of ether oxygens (including phenoxy) is 4. The summed E-state index contributed by atoms with van der Waals surface area (Å²) in [4.78, 5) is 60.8. The van der Waals surface area contributed by atoms with Gasteiger partial charge in [-0.15, -0.1) is 0 Å². The van der Waals surface area contributed by atoms with Crippen molar-refractivity contribution in [3.05, 3.63) is 29.8 Å². The molecule has 4 N–H and O–H groups in total. The van der Waals surface area contributed by atoms with E-state index < -0.39 is 79.4 Å². The van der Waals surface area contributed by atoms with Gasteiger partial charge in [-0.3, -0.25) is 14.4 Å². The zero-order valence-electron chi connectivity index (χ0n) is 21.9. The van der Waals surface area contributed by atoms with Gasteiger partial charge in [0.2, 0.25) is 6.29 Å². The van der Waals surface area contributed by atoms with E-state index in [4.69, 9.17) is 18.9 Å². The van der Waals surface area contributed by atoms with Crippen LogP contribution < -0.4 is 10.1 Å². The number of rotatable bonds is 14. The van der Waals surface area contributed by atoms with Crippen molar-refractivity contribution in [1.82, 2.24) is 10.2 Å². The third kappa shape index (κ3) is 9.41. The number of nitrogens with one attached hydrogen (secondary N) is 1. The third-order valence-corrected chi connectivity index (χ3v) is 6.33. The zero-order valence-corrected chi connectivity index (χ0v) is 21.9. The molecule has 1 aromatic carbocycles. The zero-order chi connectivity index (χ0) is 29.1. The van der Waals surface area contributed by atoms with Crippen LogP contribution in [-0.2, 0) is 40.0 Å². The molecule has 1 fully saturated rings. The minimum atomic E-state index is -1.50. The quantitative estimate of drug-likeness (QED) is 0.238. The van der Waals surface area contributed by atoms with Crippen LogP contribution in [0.25, 0.3) is 0 Å². The number of methoxy groups -OCH3 is 1. The Morgan fingerprint density at radius 3 is 2.03 bits per heavy atom. The van der Waals surface area contributed by atoms with Crippen molar-refractivity contribution in [2.75, 3.05) is 34.3 Å². The fourth-order valence-corrected chi connectivity index (χ4v) is 4.39. The topological polar surface area (TPSA) is 198 Å². The van der Waals surface area contributed by atoms with Crippen LogP contribution in [0.15, 0.2) is 24.3 Å². The smallest absolute Gasteiger partial charge is 0.409 e. The standard InChI is InChI=1S/C25H34N2O12/c1-26-8-9-27(2)25(35)37-13-14-4-6-15(7-5-14)38-24-18(12-21(32)33)16(10-19(28)29)17(11-20(30)31)22(39-24)23(34)36-3/h4-7,16-18,22,24,26H,8-13H2,1-3H3,(H,28,29)(H,30,31)(H,32,33)/t16-,17-,18+,22-,24+/m0/s1. The Labute approximate surface area is 224 Å². The van der Waals surface area contributed by atoms with E-state index in [0.29, 0.717) is 18.7 Å². The molecule has 0 radical (unpaired) electrons. The lowest BCUT2D eigenvalue weighted by atomic mass is 9.71. The molecule has 5 atom stereocenters. The average molecular weight is 555 g/mol. The second kappa shape index (κ2) is 14.9. The Bertz CT molecular complexity index is 1010.